The van der Waals surface area contributed by atoms with Crippen molar-refractivity contribution in [2.24, 2.45) is 0 Å². The molecule has 5 heteroatoms. The molecule has 0 atom stereocenters. The van der Waals surface area contributed by atoms with Crippen LogP contribution in [0.5, 0.6) is 0 Å². The molecule has 0 unspecified atom stereocenters. The molecule has 19 heavy (non-hydrogen) atoms. The third-order valence-corrected chi connectivity index (χ3v) is 5.23. The van der Waals surface area contributed by atoms with E-state index in [9.17, 15) is 0 Å². The first kappa shape index (κ1) is 15.4. The molecule has 1 aromatic rings. The van der Waals surface area contributed by atoms with Crippen molar-refractivity contribution in [1.82, 2.24) is 15.1 Å². The van der Waals surface area contributed by atoms with E-state index in [2.05, 4.69) is 49.4 Å². The monoisotopic (exact) mass is 345 g/mol. The van der Waals surface area contributed by atoms with Crippen molar-refractivity contribution in [3.63, 3.8) is 0 Å². The number of piperazine rings is 1. The minimum atomic E-state index is 0.992. The Kier molecular flexibility index (Phi) is 6.81. The first-order valence-corrected chi connectivity index (χ1v) is 8.83. The molecule has 1 saturated heterocycles. The van der Waals surface area contributed by atoms with E-state index in [1.165, 1.54) is 55.0 Å². The largest absolute Gasteiger partial charge is 0.311 e. The van der Waals surface area contributed by atoms with Crippen molar-refractivity contribution in [2.45, 2.75) is 19.9 Å². The van der Waals surface area contributed by atoms with Gasteiger partial charge in [-0.2, -0.15) is 0 Å². The number of thiophene rings is 1. The van der Waals surface area contributed by atoms with Crippen LogP contribution in [0.2, 0.25) is 0 Å². The van der Waals surface area contributed by atoms with Crippen molar-refractivity contribution in [3.8, 4) is 0 Å². The third-order valence-electron chi connectivity index (χ3n) is 3.53. The van der Waals surface area contributed by atoms with Crippen LogP contribution in [0.15, 0.2) is 15.9 Å². The summed E-state index contributed by atoms with van der Waals surface area (Å²) in [6, 6.07) is 2.20. The Morgan fingerprint density at radius 2 is 1.89 bits per heavy atom. The second-order valence-corrected chi connectivity index (χ2v) is 7.00. The van der Waals surface area contributed by atoms with Crippen LogP contribution in [0.4, 0.5) is 0 Å². The zero-order valence-corrected chi connectivity index (χ0v) is 14.1. The molecule has 0 saturated carbocycles. The van der Waals surface area contributed by atoms with Gasteiger partial charge in [0.2, 0.25) is 0 Å². The van der Waals surface area contributed by atoms with Gasteiger partial charge in [0.15, 0.2) is 0 Å². The maximum Gasteiger partial charge on any atom is 0.0300 e. The van der Waals surface area contributed by atoms with E-state index in [0.29, 0.717) is 0 Å². The summed E-state index contributed by atoms with van der Waals surface area (Å²) in [6.07, 6.45) is 1.28. The predicted molar refractivity (Wildman–Crippen MR) is 86.9 cm³/mol. The second kappa shape index (κ2) is 8.37. The van der Waals surface area contributed by atoms with Crippen LogP contribution in [0, 0.1) is 0 Å². The topological polar surface area (TPSA) is 18.5 Å². The van der Waals surface area contributed by atoms with Crippen molar-refractivity contribution >= 4 is 27.3 Å². The fourth-order valence-electron chi connectivity index (χ4n) is 2.45. The summed E-state index contributed by atoms with van der Waals surface area (Å²) in [5, 5.41) is 5.68. The van der Waals surface area contributed by atoms with E-state index < -0.39 is 0 Å². The van der Waals surface area contributed by atoms with Crippen LogP contribution in [0.1, 0.15) is 18.2 Å². The van der Waals surface area contributed by atoms with E-state index in [1.54, 1.807) is 0 Å². The van der Waals surface area contributed by atoms with Gasteiger partial charge in [-0.3, -0.25) is 4.90 Å². The molecule has 1 fully saturated rings. The zero-order chi connectivity index (χ0) is 13.5. The smallest absolute Gasteiger partial charge is 0.0300 e. The van der Waals surface area contributed by atoms with Gasteiger partial charge in [-0.25, -0.2) is 0 Å². The average Bonchev–Trinajstić information content (AvgIpc) is 2.83. The lowest BCUT2D eigenvalue weighted by Crippen LogP contribution is -2.48. The Hall–Kier alpha value is 0.0600. The first-order chi connectivity index (χ1) is 9.28. The van der Waals surface area contributed by atoms with E-state index in [0.717, 1.165) is 13.1 Å². The molecule has 1 aliphatic heterocycles. The number of nitrogens with zero attached hydrogens (tertiary/aromatic N) is 2. The molecule has 108 valence electrons. The summed E-state index contributed by atoms with van der Waals surface area (Å²) in [4.78, 5) is 6.55. The molecule has 0 aliphatic carbocycles. The van der Waals surface area contributed by atoms with Gasteiger partial charge in [-0.1, -0.05) is 6.92 Å². The summed E-state index contributed by atoms with van der Waals surface area (Å²) < 4.78 is 1.20. The lowest BCUT2D eigenvalue weighted by molar-refractivity contribution is 0.133. The maximum atomic E-state index is 3.53. The summed E-state index contributed by atoms with van der Waals surface area (Å²) in [5.41, 5.74) is 0. The highest BCUT2D eigenvalue weighted by molar-refractivity contribution is 9.10. The minimum Gasteiger partial charge on any atom is -0.311 e. The van der Waals surface area contributed by atoms with Crippen LogP contribution < -0.4 is 5.32 Å². The Balaban J connectivity index is 1.54. The summed E-state index contributed by atoms with van der Waals surface area (Å²) in [6.45, 7) is 11.7. The Bertz CT molecular complexity index is 361. The molecule has 0 aromatic carbocycles. The number of hydrogen-bond acceptors (Lipinski definition) is 4. The van der Waals surface area contributed by atoms with Crippen LogP contribution in [-0.2, 0) is 6.54 Å². The van der Waals surface area contributed by atoms with Gasteiger partial charge >= 0.3 is 0 Å². The van der Waals surface area contributed by atoms with Crippen molar-refractivity contribution in [2.75, 3.05) is 45.8 Å². The molecule has 2 rings (SSSR count). The molecule has 1 aliphatic rings. The molecular weight excluding hydrogens is 322 g/mol. The molecule has 2 heterocycles. The molecule has 0 bridgehead atoms. The maximum absolute atomic E-state index is 3.53. The number of hydrogen-bond donors (Lipinski definition) is 1. The highest BCUT2D eigenvalue weighted by atomic mass is 79.9. The normalized spacial score (nSPS) is 18.0. The molecule has 0 amide bonds. The second-order valence-electron chi connectivity index (χ2n) is 5.09. The highest BCUT2D eigenvalue weighted by Gasteiger charge is 2.15. The summed E-state index contributed by atoms with van der Waals surface area (Å²) >= 11 is 5.30. The van der Waals surface area contributed by atoms with Crippen LogP contribution in [-0.4, -0.2) is 55.6 Å². The molecule has 0 radical (unpaired) electrons. The van der Waals surface area contributed by atoms with E-state index >= 15 is 0 Å². The van der Waals surface area contributed by atoms with Crippen molar-refractivity contribution in [3.05, 3.63) is 20.8 Å². The van der Waals surface area contributed by atoms with Gasteiger partial charge in [-0.05, 0) is 35.0 Å². The lowest BCUT2D eigenvalue weighted by Gasteiger charge is -2.34. The SMILES string of the molecule is CCCN1CCN(CCNCc2cc(Br)cs2)CC1. The zero-order valence-electron chi connectivity index (χ0n) is 11.7. The van der Waals surface area contributed by atoms with Gasteiger partial charge in [0.25, 0.3) is 0 Å². The minimum absolute atomic E-state index is 0.992. The molecule has 3 nitrogen and oxygen atoms in total. The summed E-state index contributed by atoms with van der Waals surface area (Å²) in [7, 11) is 0. The molecular formula is C14H24BrN3S. The van der Waals surface area contributed by atoms with E-state index in [-0.39, 0.29) is 0 Å². The predicted octanol–water partition coefficient (Wildman–Crippen LogP) is 2.63. The first-order valence-electron chi connectivity index (χ1n) is 7.16. The standard InChI is InChI=1S/C14H24BrN3S/c1-2-4-17-6-8-18(9-7-17)5-3-16-11-14-10-13(15)12-19-14/h10,12,16H,2-9,11H2,1H3. The van der Waals surface area contributed by atoms with Gasteiger partial charge in [0.1, 0.15) is 0 Å². The fraction of sp³-hybridized carbons (Fsp3) is 0.714. The number of rotatable bonds is 7. The third kappa shape index (κ3) is 5.52. The Morgan fingerprint density at radius 1 is 1.21 bits per heavy atom. The summed E-state index contributed by atoms with van der Waals surface area (Å²) in [5.74, 6) is 0. The molecule has 0 spiro atoms. The quantitative estimate of drug-likeness (QED) is 0.766. The highest BCUT2D eigenvalue weighted by Crippen LogP contribution is 2.19. The van der Waals surface area contributed by atoms with Crippen LogP contribution >= 0.6 is 27.3 Å². The van der Waals surface area contributed by atoms with Crippen molar-refractivity contribution in [1.29, 1.82) is 0 Å². The van der Waals surface area contributed by atoms with E-state index in [4.69, 9.17) is 0 Å². The molecule has 1 aromatic heterocycles. The van der Waals surface area contributed by atoms with E-state index in [1.807, 2.05) is 11.3 Å². The van der Waals surface area contributed by atoms with Crippen LogP contribution in [0.25, 0.3) is 0 Å². The number of nitrogens with one attached hydrogen (secondary N) is 1. The Morgan fingerprint density at radius 3 is 2.47 bits per heavy atom. The number of halogens is 1. The lowest BCUT2D eigenvalue weighted by atomic mass is 10.3. The van der Waals surface area contributed by atoms with Crippen molar-refractivity contribution < 1.29 is 0 Å². The van der Waals surface area contributed by atoms with Gasteiger partial charge in [0, 0.05) is 60.5 Å². The van der Waals surface area contributed by atoms with Gasteiger partial charge in [-0.15, -0.1) is 11.3 Å². The van der Waals surface area contributed by atoms with Crippen LogP contribution in [0.3, 0.4) is 0 Å². The van der Waals surface area contributed by atoms with Gasteiger partial charge in [0.05, 0.1) is 0 Å². The molecule has 1 N–H and O–H groups in total. The Labute approximate surface area is 129 Å². The fourth-order valence-corrected chi connectivity index (χ4v) is 3.87. The average molecular weight is 346 g/mol. The van der Waals surface area contributed by atoms with Gasteiger partial charge < -0.3 is 10.2 Å².